The minimum absolute atomic E-state index is 0.0585. The predicted octanol–water partition coefficient (Wildman–Crippen LogP) is 11.2. The molecule has 2 aliphatic heterocycles. The summed E-state index contributed by atoms with van der Waals surface area (Å²) in [7, 11) is 0. The molecular weight excluding hydrogens is 579 g/mol. The second-order valence-electron chi connectivity index (χ2n) is 13.9. The molecule has 2 aromatic carbocycles. The van der Waals surface area contributed by atoms with Crippen molar-refractivity contribution in [2.24, 2.45) is 5.92 Å². The second kappa shape index (κ2) is 12.2. The highest BCUT2D eigenvalue weighted by atomic mass is 35.5. The molecule has 2 aliphatic carbocycles. The number of benzene rings is 2. The van der Waals surface area contributed by atoms with E-state index in [2.05, 4.69) is 124 Å². The smallest absolute Gasteiger partial charge is 0.209 e. The van der Waals surface area contributed by atoms with E-state index in [1.807, 2.05) is 0 Å². The Labute approximate surface area is 275 Å². The van der Waals surface area contributed by atoms with Crippen LogP contribution in [0, 0.1) is 5.92 Å². The Morgan fingerprint density at radius 1 is 0.818 bits per heavy atom. The number of hydrogen-bond acceptors (Lipinski definition) is 1. The lowest BCUT2D eigenvalue weighted by atomic mass is 9.76. The van der Waals surface area contributed by atoms with E-state index < -0.39 is 0 Å². The minimum atomic E-state index is -0.0585. The van der Waals surface area contributed by atoms with Crippen LogP contribution in [0.25, 0.3) is 0 Å². The van der Waals surface area contributed by atoms with E-state index in [-0.39, 0.29) is 10.8 Å². The molecule has 2 nitrogen and oxygen atoms in total. The lowest BCUT2D eigenvalue weighted by molar-refractivity contribution is -0.437. The van der Waals surface area contributed by atoms with Gasteiger partial charge in [0.05, 0.1) is 5.41 Å². The van der Waals surface area contributed by atoms with Crippen LogP contribution in [0.2, 0.25) is 0 Å². The number of nitrogens with zero attached hydrogens (tertiary/aromatic N) is 2. The summed E-state index contributed by atoms with van der Waals surface area (Å²) in [6.45, 7) is 15.9. The van der Waals surface area contributed by atoms with Crippen LogP contribution < -0.4 is 4.90 Å². The third-order valence-corrected chi connectivity index (χ3v) is 11.2. The molecule has 1 unspecified atom stereocenters. The zero-order valence-corrected chi connectivity index (χ0v) is 28.8. The normalized spacial score (nSPS) is 24.2. The van der Waals surface area contributed by atoms with E-state index in [9.17, 15) is 0 Å². The van der Waals surface area contributed by atoms with Gasteiger partial charge in [0, 0.05) is 57.5 Å². The standard InChI is InChI=1S/C40H47Cl2N2/c1-7-25-43-32-15-11-9-13-30(32)39(3,4)34(43)23-21-28-19-17-27-18-20-29(38(42)36(27)37(28)41)22-24-35-40(5,6)31-14-10-12-16-33(31)44(35)26-8-2/h9-16,21-24,27H,7-8,17-20,25-26H2,1-6H3/q+1. The molecule has 0 saturated carbocycles. The summed E-state index contributed by atoms with van der Waals surface area (Å²) in [6, 6.07) is 17.7. The molecule has 4 aliphatic rings. The van der Waals surface area contributed by atoms with Crippen molar-refractivity contribution < 1.29 is 4.58 Å². The Balaban J connectivity index is 1.35. The number of fused-ring (bicyclic) bond motifs is 3. The maximum Gasteiger partial charge on any atom is 0.209 e. The monoisotopic (exact) mass is 625 g/mol. The molecule has 0 saturated heterocycles. The molecule has 0 bridgehead atoms. The molecular formula is C40H47Cl2N2+. The number of allylic oxidation sites excluding steroid dienone is 10. The third kappa shape index (κ3) is 5.17. The van der Waals surface area contributed by atoms with Crippen molar-refractivity contribution in [2.75, 3.05) is 18.0 Å². The van der Waals surface area contributed by atoms with Gasteiger partial charge in [0.25, 0.3) is 0 Å². The van der Waals surface area contributed by atoms with Gasteiger partial charge in [-0.2, -0.15) is 4.58 Å². The van der Waals surface area contributed by atoms with Crippen molar-refractivity contribution in [3.8, 4) is 0 Å². The zero-order valence-electron chi connectivity index (χ0n) is 27.3. The van der Waals surface area contributed by atoms with Gasteiger partial charge in [-0.1, -0.05) is 99.4 Å². The van der Waals surface area contributed by atoms with Crippen LogP contribution in [-0.4, -0.2) is 23.4 Å². The Kier molecular flexibility index (Phi) is 8.63. The topological polar surface area (TPSA) is 6.25 Å². The van der Waals surface area contributed by atoms with Crippen molar-refractivity contribution in [1.29, 1.82) is 0 Å². The average molecular weight is 627 g/mol. The van der Waals surface area contributed by atoms with Crippen LogP contribution >= 0.6 is 23.2 Å². The fourth-order valence-corrected chi connectivity index (χ4v) is 8.86. The highest BCUT2D eigenvalue weighted by Crippen LogP contribution is 2.50. The SMILES string of the molecule is CCCN1/C(=C/C=C2\CCC3CCC(/C=C/C4=[N+](CCC)c5ccccc5C4(C)C)=C(Cl)C3=C2Cl)C(C)(C)c2ccccc21. The second-order valence-corrected chi connectivity index (χ2v) is 14.6. The van der Waals surface area contributed by atoms with Gasteiger partial charge in [-0.05, 0) is 86.3 Å². The van der Waals surface area contributed by atoms with E-state index in [1.54, 1.807) is 0 Å². The molecule has 44 heavy (non-hydrogen) atoms. The molecule has 0 aromatic heterocycles. The van der Waals surface area contributed by atoms with Crippen molar-refractivity contribution in [2.45, 2.75) is 90.9 Å². The van der Waals surface area contributed by atoms with Crippen LogP contribution in [0.5, 0.6) is 0 Å². The van der Waals surface area contributed by atoms with Gasteiger partial charge in [0.15, 0.2) is 5.71 Å². The van der Waals surface area contributed by atoms with Gasteiger partial charge in [0.2, 0.25) is 5.69 Å². The maximum absolute atomic E-state index is 7.27. The molecule has 0 spiro atoms. The average Bonchev–Trinajstić information content (AvgIpc) is 3.35. The van der Waals surface area contributed by atoms with Gasteiger partial charge in [0.1, 0.15) is 6.54 Å². The lowest BCUT2D eigenvalue weighted by Crippen LogP contribution is -2.28. The van der Waals surface area contributed by atoms with Crippen LogP contribution in [0.1, 0.15) is 91.2 Å². The fourth-order valence-electron chi connectivity index (χ4n) is 8.00. The number of rotatable bonds is 7. The first-order valence-electron chi connectivity index (χ1n) is 16.6. The Bertz CT molecular complexity index is 1660. The summed E-state index contributed by atoms with van der Waals surface area (Å²) in [5.74, 6) is 0.428. The van der Waals surface area contributed by atoms with Crippen molar-refractivity contribution >= 4 is 40.3 Å². The third-order valence-electron chi connectivity index (χ3n) is 10.3. The summed E-state index contributed by atoms with van der Waals surface area (Å²) < 4.78 is 2.50. The molecule has 4 heteroatoms. The maximum atomic E-state index is 7.27. The largest absolute Gasteiger partial charge is 0.344 e. The quantitative estimate of drug-likeness (QED) is 0.277. The summed E-state index contributed by atoms with van der Waals surface area (Å²) in [5.41, 5.74) is 11.6. The van der Waals surface area contributed by atoms with Gasteiger partial charge in [-0.15, -0.1) is 0 Å². The van der Waals surface area contributed by atoms with Gasteiger partial charge >= 0.3 is 0 Å². The van der Waals surface area contributed by atoms with Crippen molar-refractivity contribution in [1.82, 2.24) is 0 Å². The Morgan fingerprint density at radius 2 is 1.52 bits per heavy atom. The van der Waals surface area contributed by atoms with Crippen molar-refractivity contribution in [3.63, 3.8) is 0 Å². The van der Waals surface area contributed by atoms with Crippen molar-refractivity contribution in [3.05, 3.63) is 116 Å². The molecule has 0 N–H and O–H groups in total. The zero-order chi connectivity index (χ0) is 31.2. The van der Waals surface area contributed by atoms with Crippen LogP contribution in [0.3, 0.4) is 0 Å². The number of hydrogen-bond donors (Lipinski definition) is 0. The van der Waals surface area contributed by atoms with E-state index in [0.29, 0.717) is 5.92 Å². The summed E-state index contributed by atoms with van der Waals surface area (Å²) in [5, 5.41) is 1.72. The summed E-state index contributed by atoms with van der Waals surface area (Å²) in [4.78, 5) is 2.50. The lowest BCUT2D eigenvalue weighted by Gasteiger charge is -2.32. The first-order chi connectivity index (χ1) is 21.1. The van der Waals surface area contributed by atoms with Crippen LogP contribution in [-0.2, 0) is 10.8 Å². The predicted molar refractivity (Wildman–Crippen MR) is 190 cm³/mol. The minimum Gasteiger partial charge on any atom is -0.344 e. The molecule has 2 heterocycles. The van der Waals surface area contributed by atoms with Gasteiger partial charge < -0.3 is 4.90 Å². The molecule has 230 valence electrons. The van der Waals surface area contributed by atoms with Gasteiger partial charge in [-0.25, -0.2) is 0 Å². The summed E-state index contributed by atoms with van der Waals surface area (Å²) >= 11 is 14.5. The molecule has 2 aromatic rings. The van der Waals surface area contributed by atoms with Crippen LogP contribution in [0.4, 0.5) is 11.4 Å². The van der Waals surface area contributed by atoms with E-state index in [1.165, 1.54) is 45.1 Å². The van der Waals surface area contributed by atoms with Gasteiger partial charge in [-0.3, -0.25) is 0 Å². The highest BCUT2D eigenvalue weighted by Gasteiger charge is 2.44. The fraction of sp³-hybridized carbons (Fsp3) is 0.425. The highest BCUT2D eigenvalue weighted by molar-refractivity contribution is 6.37. The molecule has 0 radical (unpaired) electrons. The first kappa shape index (κ1) is 31.2. The van der Waals surface area contributed by atoms with E-state index in [0.717, 1.165) is 67.3 Å². The Hall–Kier alpha value is -2.81. The molecule has 0 fully saturated rings. The number of halogens is 2. The number of anilines is 1. The summed E-state index contributed by atoms with van der Waals surface area (Å²) in [6.07, 6.45) is 15.6. The molecule has 0 amide bonds. The molecule has 1 atom stereocenters. The van der Waals surface area contributed by atoms with E-state index in [4.69, 9.17) is 23.2 Å². The molecule has 6 rings (SSSR count). The first-order valence-corrected chi connectivity index (χ1v) is 17.4. The van der Waals surface area contributed by atoms with Crippen LogP contribution in [0.15, 0.2) is 105 Å². The van der Waals surface area contributed by atoms with E-state index >= 15 is 0 Å². The Morgan fingerprint density at radius 3 is 2.27 bits per heavy atom. The number of para-hydroxylation sites is 2.